The van der Waals surface area contributed by atoms with Gasteiger partial charge in [-0.1, -0.05) is 13.8 Å². The number of aromatic nitrogens is 4. The SMILES string of the molecule is COc1cc(Cn2nc(C(C)C)c3cnn(-c4ccc(F)cc4)c3c2=O)cc(OC)c1. The van der Waals surface area contributed by atoms with E-state index in [9.17, 15) is 9.18 Å². The second-order valence-electron chi connectivity index (χ2n) is 7.52. The van der Waals surface area contributed by atoms with Gasteiger partial charge in [-0.05, 0) is 47.9 Å². The van der Waals surface area contributed by atoms with Crippen LogP contribution >= 0.6 is 0 Å². The van der Waals surface area contributed by atoms with E-state index in [4.69, 9.17) is 9.47 Å². The first kappa shape index (κ1) is 20.6. The van der Waals surface area contributed by atoms with Crippen molar-refractivity contribution in [3.05, 3.63) is 76.1 Å². The quantitative estimate of drug-likeness (QED) is 0.471. The molecule has 0 saturated carbocycles. The predicted octanol–water partition coefficient (Wildman–Crippen LogP) is 3.91. The molecular formula is C23H23FN4O3. The summed E-state index contributed by atoms with van der Waals surface area (Å²) >= 11 is 0. The molecule has 0 N–H and O–H groups in total. The molecule has 4 rings (SSSR count). The molecule has 0 spiro atoms. The Balaban J connectivity index is 1.90. The van der Waals surface area contributed by atoms with Crippen LogP contribution in [0.15, 0.2) is 53.5 Å². The molecule has 0 radical (unpaired) electrons. The van der Waals surface area contributed by atoms with E-state index in [1.54, 1.807) is 38.6 Å². The first-order chi connectivity index (χ1) is 14.9. The Kier molecular flexibility index (Phi) is 5.46. The Morgan fingerprint density at radius 1 is 1.03 bits per heavy atom. The molecule has 0 bridgehead atoms. The van der Waals surface area contributed by atoms with Crippen LogP contribution in [-0.4, -0.2) is 33.8 Å². The summed E-state index contributed by atoms with van der Waals surface area (Å²) in [4.78, 5) is 13.4. The number of rotatable bonds is 6. The van der Waals surface area contributed by atoms with Crippen LogP contribution in [-0.2, 0) is 6.54 Å². The lowest BCUT2D eigenvalue weighted by atomic mass is 10.1. The maximum atomic E-state index is 13.4. The predicted molar refractivity (Wildman–Crippen MR) is 116 cm³/mol. The largest absolute Gasteiger partial charge is 0.497 e. The molecule has 2 aromatic heterocycles. The van der Waals surface area contributed by atoms with Gasteiger partial charge in [-0.15, -0.1) is 0 Å². The van der Waals surface area contributed by atoms with Crippen molar-refractivity contribution in [2.45, 2.75) is 26.3 Å². The summed E-state index contributed by atoms with van der Waals surface area (Å²) in [5, 5.41) is 9.72. The van der Waals surface area contributed by atoms with E-state index in [0.717, 1.165) is 11.3 Å². The normalized spacial score (nSPS) is 11.3. The van der Waals surface area contributed by atoms with Crippen LogP contribution in [0, 0.1) is 5.82 Å². The average molecular weight is 422 g/mol. The molecule has 0 aliphatic carbocycles. The summed E-state index contributed by atoms with van der Waals surface area (Å²) in [5.74, 6) is 0.974. The van der Waals surface area contributed by atoms with Gasteiger partial charge in [0, 0.05) is 11.5 Å². The van der Waals surface area contributed by atoms with Gasteiger partial charge in [-0.25, -0.2) is 13.8 Å². The van der Waals surface area contributed by atoms with Crippen molar-refractivity contribution in [2.75, 3.05) is 14.2 Å². The first-order valence-corrected chi connectivity index (χ1v) is 9.88. The van der Waals surface area contributed by atoms with Crippen LogP contribution < -0.4 is 15.0 Å². The summed E-state index contributed by atoms with van der Waals surface area (Å²) in [5.41, 5.74) is 2.29. The van der Waals surface area contributed by atoms with E-state index in [0.29, 0.717) is 28.1 Å². The zero-order valence-electron chi connectivity index (χ0n) is 17.8. The summed E-state index contributed by atoms with van der Waals surface area (Å²) in [6, 6.07) is 11.3. The molecule has 0 aliphatic rings. The fourth-order valence-corrected chi connectivity index (χ4v) is 3.54. The summed E-state index contributed by atoms with van der Waals surface area (Å²) in [7, 11) is 3.15. The van der Waals surface area contributed by atoms with Crippen molar-refractivity contribution in [1.29, 1.82) is 0 Å². The molecule has 31 heavy (non-hydrogen) atoms. The van der Waals surface area contributed by atoms with Crippen molar-refractivity contribution in [1.82, 2.24) is 19.6 Å². The Morgan fingerprint density at radius 2 is 1.68 bits per heavy atom. The molecule has 0 unspecified atom stereocenters. The van der Waals surface area contributed by atoms with Crippen LogP contribution in [0.1, 0.15) is 31.0 Å². The standard InChI is InChI=1S/C23H23FN4O3/c1-14(2)21-20-12-25-28(17-7-5-16(24)6-8-17)22(20)23(29)27(26-21)13-15-9-18(30-3)11-19(10-15)31-4/h5-12,14H,13H2,1-4H3. The zero-order chi connectivity index (χ0) is 22.1. The molecule has 0 atom stereocenters. The highest BCUT2D eigenvalue weighted by molar-refractivity contribution is 5.82. The van der Waals surface area contributed by atoms with Gasteiger partial charge in [-0.3, -0.25) is 4.79 Å². The first-order valence-electron chi connectivity index (χ1n) is 9.88. The summed E-state index contributed by atoms with van der Waals surface area (Å²) < 4.78 is 27.0. The van der Waals surface area contributed by atoms with Crippen LogP contribution in [0.4, 0.5) is 4.39 Å². The van der Waals surface area contributed by atoms with Gasteiger partial charge in [0.25, 0.3) is 5.56 Å². The Morgan fingerprint density at radius 3 is 2.26 bits per heavy atom. The van der Waals surface area contributed by atoms with Crippen molar-refractivity contribution in [3.8, 4) is 17.2 Å². The van der Waals surface area contributed by atoms with Crippen LogP contribution in [0.2, 0.25) is 0 Å². The topological polar surface area (TPSA) is 71.2 Å². The van der Waals surface area contributed by atoms with E-state index in [1.807, 2.05) is 26.0 Å². The van der Waals surface area contributed by atoms with Gasteiger partial charge in [0.05, 0.1) is 38.3 Å². The maximum absolute atomic E-state index is 13.4. The smallest absolute Gasteiger partial charge is 0.293 e. The number of nitrogens with zero attached hydrogens (tertiary/aromatic N) is 4. The van der Waals surface area contributed by atoms with Crippen molar-refractivity contribution in [3.63, 3.8) is 0 Å². The number of halogens is 1. The molecule has 160 valence electrons. The van der Waals surface area contributed by atoms with Crippen molar-refractivity contribution in [2.24, 2.45) is 0 Å². The molecule has 8 heteroatoms. The molecule has 0 aliphatic heterocycles. The molecule has 0 amide bonds. The fraction of sp³-hybridized carbons (Fsp3) is 0.261. The van der Waals surface area contributed by atoms with Gasteiger partial charge in [0.2, 0.25) is 0 Å². The molecule has 7 nitrogen and oxygen atoms in total. The lowest BCUT2D eigenvalue weighted by molar-refractivity contribution is 0.393. The van der Waals surface area contributed by atoms with Gasteiger partial charge >= 0.3 is 0 Å². The fourth-order valence-electron chi connectivity index (χ4n) is 3.54. The van der Waals surface area contributed by atoms with Crippen LogP contribution in [0.3, 0.4) is 0 Å². The van der Waals surface area contributed by atoms with Gasteiger partial charge in [0.1, 0.15) is 22.8 Å². The van der Waals surface area contributed by atoms with E-state index < -0.39 is 0 Å². The lowest BCUT2D eigenvalue weighted by Crippen LogP contribution is -2.27. The van der Waals surface area contributed by atoms with E-state index in [-0.39, 0.29) is 23.8 Å². The third-order valence-electron chi connectivity index (χ3n) is 5.07. The van der Waals surface area contributed by atoms with Gasteiger partial charge < -0.3 is 9.47 Å². The van der Waals surface area contributed by atoms with E-state index in [2.05, 4.69) is 10.2 Å². The number of hydrogen-bond acceptors (Lipinski definition) is 5. The molecule has 2 aromatic carbocycles. The number of methoxy groups -OCH3 is 2. The molecule has 2 heterocycles. The second-order valence-corrected chi connectivity index (χ2v) is 7.52. The lowest BCUT2D eigenvalue weighted by Gasteiger charge is -2.13. The highest BCUT2D eigenvalue weighted by Gasteiger charge is 2.19. The Bertz CT molecular complexity index is 1270. The maximum Gasteiger partial charge on any atom is 0.293 e. The minimum Gasteiger partial charge on any atom is -0.497 e. The van der Waals surface area contributed by atoms with Gasteiger partial charge in [0.15, 0.2) is 0 Å². The highest BCUT2D eigenvalue weighted by atomic mass is 19.1. The second kappa shape index (κ2) is 8.22. The molecule has 0 fully saturated rings. The van der Waals surface area contributed by atoms with Gasteiger partial charge in [-0.2, -0.15) is 10.2 Å². The van der Waals surface area contributed by atoms with Crippen molar-refractivity contribution < 1.29 is 13.9 Å². The monoisotopic (exact) mass is 422 g/mol. The van der Waals surface area contributed by atoms with E-state index >= 15 is 0 Å². The summed E-state index contributed by atoms with van der Waals surface area (Å²) in [6.07, 6.45) is 1.64. The van der Waals surface area contributed by atoms with Crippen LogP contribution in [0.25, 0.3) is 16.6 Å². The zero-order valence-corrected chi connectivity index (χ0v) is 17.8. The number of hydrogen-bond donors (Lipinski definition) is 0. The third kappa shape index (κ3) is 3.88. The van der Waals surface area contributed by atoms with E-state index in [1.165, 1.54) is 21.5 Å². The number of ether oxygens (including phenoxy) is 2. The minimum absolute atomic E-state index is 0.0695. The molecule has 0 saturated heterocycles. The Hall–Kier alpha value is -3.68. The number of benzene rings is 2. The number of fused-ring (bicyclic) bond motifs is 1. The molecule has 4 aromatic rings. The van der Waals surface area contributed by atoms with Crippen molar-refractivity contribution >= 4 is 10.9 Å². The molecular weight excluding hydrogens is 399 g/mol. The minimum atomic E-state index is -0.353. The Labute approximate surface area is 178 Å². The highest BCUT2D eigenvalue weighted by Crippen LogP contribution is 2.25. The average Bonchev–Trinajstić information content (AvgIpc) is 3.21. The third-order valence-corrected chi connectivity index (χ3v) is 5.07. The summed E-state index contributed by atoms with van der Waals surface area (Å²) in [6.45, 7) is 4.26. The van der Waals surface area contributed by atoms with Crippen LogP contribution in [0.5, 0.6) is 11.5 Å².